The summed E-state index contributed by atoms with van der Waals surface area (Å²) in [6, 6.07) is 0. The van der Waals surface area contributed by atoms with Gasteiger partial charge in [-0.05, 0) is 6.92 Å². The molecular formula is C19H34O16. The summed E-state index contributed by atoms with van der Waals surface area (Å²) in [6.45, 7) is -1.23. The van der Waals surface area contributed by atoms with Crippen LogP contribution in [0.15, 0.2) is 0 Å². The van der Waals surface area contributed by atoms with Crippen molar-refractivity contribution in [2.45, 2.75) is 98.5 Å². The van der Waals surface area contributed by atoms with Gasteiger partial charge in [0.25, 0.3) is 0 Å². The zero-order valence-corrected chi connectivity index (χ0v) is 18.7. The Morgan fingerprint density at radius 2 is 1.11 bits per heavy atom. The highest BCUT2D eigenvalue weighted by Gasteiger charge is 2.55. The highest BCUT2D eigenvalue weighted by molar-refractivity contribution is 5.00. The summed E-state index contributed by atoms with van der Waals surface area (Å²) in [5, 5.41) is 110. The molecule has 15 atom stereocenters. The predicted molar refractivity (Wildman–Crippen MR) is 106 cm³/mol. The molecule has 3 heterocycles. The van der Waals surface area contributed by atoms with E-state index < -0.39 is 111 Å². The maximum Gasteiger partial charge on any atom is 0.187 e. The molecule has 0 saturated carbocycles. The molecule has 15 unspecified atom stereocenters. The molecule has 3 rings (SSSR count). The van der Waals surface area contributed by atoms with Crippen molar-refractivity contribution in [3.8, 4) is 0 Å². The highest BCUT2D eigenvalue weighted by atomic mass is 16.8. The van der Waals surface area contributed by atoms with Crippen LogP contribution in [-0.2, 0) is 23.7 Å². The lowest BCUT2D eigenvalue weighted by molar-refractivity contribution is -0.383. The van der Waals surface area contributed by atoms with Gasteiger partial charge in [0.15, 0.2) is 18.9 Å². The van der Waals surface area contributed by atoms with Gasteiger partial charge in [0.2, 0.25) is 0 Å². The third-order valence-corrected chi connectivity index (χ3v) is 6.56. The number of ether oxygens (including phenoxy) is 5. The van der Waals surface area contributed by atoms with E-state index in [9.17, 15) is 56.2 Å². The first-order chi connectivity index (χ1) is 16.4. The molecule has 0 spiro atoms. The lowest BCUT2D eigenvalue weighted by Gasteiger charge is -2.49. The summed E-state index contributed by atoms with van der Waals surface area (Å²) in [7, 11) is 0. The van der Waals surface area contributed by atoms with Crippen LogP contribution >= 0.6 is 0 Å². The van der Waals surface area contributed by atoms with Gasteiger partial charge in [0, 0.05) is 0 Å². The zero-order chi connectivity index (χ0) is 26.2. The van der Waals surface area contributed by atoms with Crippen LogP contribution < -0.4 is 0 Å². The van der Waals surface area contributed by atoms with Crippen molar-refractivity contribution >= 4 is 0 Å². The molecule has 3 fully saturated rings. The second-order valence-electron chi connectivity index (χ2n) is 8.97. The van der Waals surface area contributed by atoms with Gasteiger partial charge in [-0.2, -0.15) is 0 Å². The minimum Gasteiger partial charge on any atom is -0.394 e. The molecule has 0 aromatic heterocycles. The van der Waals surface area contributed by atoms with E-state index in [-0.39, 0.29) is 0 Å². The SMILES string of the molecule is CC1(O)C(CO)OC(OC2C(CO)OC(OC3C(CO)OC(O)C(O)C3O)C(O)C2O)C(O)C1O. The normalized spacial score (nSPS) is 53.5. The molecule has 3 aliphatic heterocycles. The molecule has 0 aromatic rings. The summed E-state index contributed by atoms with van der Waals surface area (Å²) in [6.07, 6.45) is -23.7. The molecule has 0 aliphatic carbocycles. The average molecular weight is 518 g/mol. The van der Waals surface area contributed by atoms with Crippen LogP contribution in [0.5, 0.6) is 0 Å². The molecule has 0 aromatic carbocycles. The summed E-state index contributed by atoms with van der Waals surface area (Å²) >= 11 is 0. The van der Waals surface area contributed by atoms with Crippen LogP contribution in [0.4, 0.5) is 0 Å². The number of hydrogen-bond donors (Lipinski definition) is 11. The van der Waals surface area contributed by atoms with Gasteiger partial charge in [-0.3, -0.25) is 0 Å². The van der Waals surface area contributed by atoms with Crippen LogP contribution in [0.25, 0.3) is 0 Å². The van der Waals surface area contributed by atoms with Gasteiger partial charge in [-0.15, -0.1) is 0 Å². The molecule has 16 nitrogen and oxygen atoms in total. The van der Waals surface area contributed by atoms with Crippen molar-refractivity contribution in [3.63, 3.8) is 0 Å². The predicted octanol–water partition coefficient (Wildman–Crippen LogP) is -7.18. The van der Waals surface area contributed by atoms with Gasteiger partial charge in [0.05, 0.1) is 19.8 Å². The minimum absolute atomic E-state index is 0.763. The molecule has 16 heteroatoms. The molecule has 3 aliphatic rings. The Kier molecular flexibility index (Phi) is 9.42. The van der Waals surface area contributed by atoms with Gasteiger partial charge in [-0.25, -0.2) is 0 Å². The Morgan fingerprint density at radius 1 is 0.629 bits per heavy atom. The number of aliphatic hydroxyl groups excluding tert-OH is 10. The maximum absolute atomic E-state index is 10.7. The average Bonchev–Trinajstić information content (AvgIpc) is 2.83. The first kappa shape index (κ1) is 28.9. The summed E-state index contributed by atoms with van der Waals surface area (Å²) in [5.41, 5.74) is -2.05. The molecule has 0 radical (unpaired) electrons. The summed E-state index contributed by atoms with van der Waals surface area (Å²) < 4.78 is 26.6. The van der Waals surface area contributed by atoms with Crippen LogP contribution in [0, 0.1) is 0 Å². The van der Waals surface area contributed by atoms with Crippen LogP contribution in [0.3, 0.4) is 0 Å². The van der Waals surface area contributed by atoms with Crippen molar-refractivity contribution in [3.05, 3.63) is 0 Å². The highest BCUT2D eigenvalue weighted by Crippen LogP contribution is 2.34. The van der Waals surface area contributed by atoms with Crippen molar-refractivity contribution < 1.29 is 79.9 Å². The van der Waals surface area contributed by atoms with E-state index in [4.69, 9.17) is 23.7 Å². The molecule has 11 N–H and O–H groups in total. The van der Waals surface area contributed by atoms with Crippen molar-refractivity contribution in [1.82, 2.24) is 0 Å². The minimum atomic E-state index is -2.05. The first-order valence-electron chi connectivity index (χ1n) is 11.0. The fraction of sp³-hybridized carbons (Fsp3) is 1.00. The maximum atomic E-state index is 10.7. The van der Waals surface area contributed by atoms with Crippen LogP contribution in [0.2, 0.25) is 0 Å². The molecule has 3 saturated heterocycles. The van der Waals surface area contributed by atoms with E-state index in [1.807, 2.05) is 0 Å². The van der Waals surface area contributed by atoms with Gasteiger partial charge < -0.3 is 79.9 Å². The molecule has 0 amide bonds. The second-order valence-corrected chi connectivity index (χ2v) is 8.97. The quantitative estimate of drug-likeness (QED) is 0.149. The Morgan fingerprint density at radius 3 is 1.63 bits per heavy atom. The zero-order valence-electron chi connectivity index (χ0n) is 18.7. The second kappa shape index (κ2) is 11.4. The number of rotatable bonds is 7. The van der Waals surface area contributed by atoms with Gasteiger partial charge >= 0.3 is 0 Å². The Bertz CT molecular complexity index is 673. The van der Waals surface area contributed by atoms with Gasteiger partial charge in [-0.1, -0.05) is 0 Å². The smallest absolute Gasteiger partial charge is 0.187 e. The number of hydrogen-bond acceptors (Lipinski definition) is 16. The van der Waals surface area contributed by atoms with Crippen LogP contribution in [0.1, 0.15) is 6.92 Å². The topological polar surface area (TPSA) is 269 Å². The van der Waals surface area contributed by atoms with E-state index >= 15 is 0 Å². The fourth-order valence-electron chi connectivity index (χ4n) is 4.28. The standard InChI is InChI=1S/C19H34O16/c1-19(30)7(4-22)33-18(12(27)15(19)28)35-14-6(3-21)32-17(11(26)9(14)24)34-13-5(2-20)31-16(29)10(25)8(13)23/h5-18,20-30H,2-4H2,1H3. The third-order valence-electron chi connectivity index (χ3n) is 6.56. The summed E-state index contributed by atoms with van der Waals surface area (Å²) in [4.78, 5) is 0. The van der Waals surface area contributed by atoms with E-state index in [1.165, 1.54) is 0 Å². The largest absolute Gasteiger partial charge is 0.394 e. The number of aliphatic hydroxyl groups is 11. The molecule has 0 bridgehead atoms. The van der Waals surface area contributed by atoms with E-state index in [2.05, 4.69) is 0 Å². The van der Waals surface area contributed by atoms with Gasteiger partial charge in [0.1, 0.15) is 72.7 Å². The third kappa shape index (κ3) is 5.48. The van der Waals surface area contributed by atoms with E-state index in [0.717, 1.165) is 6.92 Å². The van der Waals surface area contributed by atoms with E-state index in [1.54, 1.807) is 0 Å². The fourth-order valence-corrected chi connectivity index (χ4v) is 4.28. The lowest BCUT2D eigenvalue weighted by atomic mass is 9.86. The van der Waals surface area contributed by atoms with Crippen LogP contribution in [-0.4, -0.2) is 168 Å². The van der Waals surface area contributed by atoms with Crippen molar-refractivity contribution in [1.29, 1.82) is 0 Å². The Labute approximate surface area is 199 Å². The Hall–Kier alpha value is -0.640. The Balaban J connectivity index is 1.73. The van der Waals surface area contributed by atoms with Crippen molar-refractivity contribution in [2.24, 2.45) is 0 Å². The molecule has 35 heavy (non-hydrogen) atoms. The molecule has 206 valence electrons. The molecular weight excluding hydrogens is 484 g/mol. The lowest BCUT2D eigenvalue weighted by Crippen LogP contribution is -2.68. The van der Waals surface area contributed by atoms with Crippen molar-refractivity contribution in [2.75, 3.05) is 19.8 Å². The van der Waals surface area contributed by atoms with E-state index in [0.29, 0.717) is 0 Å². The monoisotopic (exact) mass is 518 g/mol. The summed E-state index contributed by atoms with van der Waals surface area (Å²) in [5.74, 6) is 0. The first-order valence-corrected chi connectivity index (χ1v) is 11.0.